The highest BCUT2D eigenvalue weighted by atomic mass is 35.5. The van der Waals surface area contributed by atoms with Gasteiger partial charge in [0.05, 0.1) is 11.4 Å². The molecule has 0 aliphatic carbocycles. The highest BCUT2D eigenvalue weighted by Crippen LogP contribution is 2.41. The number of rotatable bonds is 3. The molecule has 0 unspecified atom stereocenters. The molecule has 0 amide bonds. The van der Waals surface area contributed by atoms with Crippen molar-refractivity contribution in [3.8, 4) is 11.5 Å². The third-order valence-electron chi connectivity index (χ3n) is 3.20. The molecule has 3 rings (SSSR count). The predicted molar refractivity (Wildman–Crippen MR) is 94.5 cm³/mol. The van der Waals surface area contributed by atoms with Crippen molar-refractivity contribution >= 4 is 46.3 Å². The van der Waals surface area contributed by atoms with E-state index in [1.165, 1.54) is 24.3 Å². The zero-order valence-electron chi connectivity index (χ0n) is 12.2. The quantitative estimate of drug-likeness (QED) is 0.602. The minimum atomic E-state index is -0.0512. The van der Waals surface area contributed by atoms with Crippen molar-refractivity contribution in [2.45, 2.75) is 0 Å². The minimum Gasteiger partial charge on any atom is -0.508 e. The topological polar surface area (TPSA) is 95.5 Å². The van der Waals surface area contributed by atoms with Crippen LogP contribution in [0.1, 0.15) is 0 Å². The van der Waals surface area contributed by atoms with E-state index in [-0.39, 0.29) is 33.4 Å². The Morgan fingerprint density at radius 2 is 1.42 bits per heavy atom. The molecule has 2 aromatic carbocycles. The first-order valence-electron chi connectivity index (χ1n) is 6.82. The van der Waals surface area contributed by atoms with Crippen LogP contribution in [-0.2, 0) is 0 Å². The van der Waals surface area contributed by atoms with Gasteiger partial charge in [0.1, 0.15) is 16.5 Å². The molecule has 0 radical (unpaired) electrons. The molecule has 8 heteroatoms. The van der Waals surface area contributed by atoms with Crippen molar-refractivity contribution in [3.63, 3.8) is 0 Å². The number of nitrogens with zero attached hydrogens (tertiary/aromatic N) is 3. The molecule has 0 saturated heterocycles. The van der Waals surface area contributed by atoms with E-state index in [1.807, 2.05) is 0 Å². The van der Waals surface area contributed by atoms with Crippen LogP contribution in [0.25, 0.3) is 0 Å². The Morgan fingerprint density at radius 1 is 0.875 bits per heavy atom. The molecular formula is C16H12Cl2N4O2. The van der Waals surface area contributed by atoms with Crippen LogP contribution in [0.15, 0.2) is 48.5 Å². The first-order chi connectivity index (χ1) is 11.5. The number of nitrogen functional groups attached to an aromatic ring is 1. The van der Waals surface area contributed by atoms with Crippen molar-refractivity contribution in [2.75, 3.05) is 10.6 Å². The van der Waals surface area contributed by atoms with E-state index in [9.17, 15) is 10.2 Å². The third kappa shape index (κ3) is 3.15. The number of benzene rings is 2. The molecule has 0 fully saturated rings. The van der Waals surface area contributed by atoms with E-state index in [0.29, 0.717) is 11.4 Å². The van der Waals surface area contributed by atoms with Gasteiger partial charge in [-0.25, -0.2) is 0 Å². The summed E-state index contributed by atoms with van der Waals surface area (Å²) in [5.41, 5.74) is 6.80. The fourth-order valence-corrected chi connectivity index (χ4v) is 2.57. The van der Waals surface area contributed by atoms with Gasteiger partial charge in [-0.3, -0.25) is 4.90 Å². The number of aromatic nitrogens is 2. The van der Waals surface area contributed by atoms with Crippen molar-refractivity contribution in [2.24, 2.45) is 0 Å². The lowest BCUT2D eigenvalue weighted by Crippen LogP contribution is -2.14. The number of aromatic hydroxyl groups is 2. The zero-order chi connectivity index (χ0) is 17.3. The molecule has 4 N–H and O–H groups in total. The van der Waals surface area contributed by atoms with Gasteiger partial charge in [0.25, 0.3) is 0 Å². The van der Waals surface area contributed by atoms with Crippen molar-refractivity contribution in [3.05, 3.63) is 58.7 Å². The molecule has 6 nitrogen and oxygen atoms in total. The second kappa shape index (κ2) is 6.43. The monoisotopic (exact) mass is 362 g/mol. The van der Waals surface area contributed by atoms with E-state index in [4.69, 9.17) is 28.9 Å². The van der Waals surface area contributed by atoms with Gasteiger partial charge >= 0.3 is 0 Å². The van der Waals surface area contributed by atoms with E-state index in [2.05, 4.69) is 9.97 Å². The summed E-state index contributed by atoms with van der Waals surface area (Å²) in [6.07, 6.45) is 0. The van der Waals surface area contributed by atoms with E-state index >= 15 is 0 Å². The number of nitrogens with two attached hydrogens (primary N) is 1. The number of phenols is 2. The maximum atomic E-state index is 9.80. The molecule has 0 aliphatic rings. The number of anilines is 4. The van der Waals surface area contributed by atoms with Gasteiger partial charge in [-0.05, 0) is 24.3 Å². The average Bonchev–Trinajstić information content (AvgIpc) is 2.52. The van der Waals surface area contributed by atoms with Crippen molar-refractivity contribution in [1.82, 2.24) is 9.97 Å². The van der Waals surface area contributed by atoms with Gasteiger partial charge in [0.15, 0.2) is 11.0 Å². The van der Waals surface area contributed by atoms with Crippen LogP contribution in [0.5, 0.6) is 11.5 Å². The normalized spacial score (nSPS) is 10.6. The van der Waals surface area contributed by atoms with E-state index in [0.717, 1.165) is 0 Å². The third-order valence-corrected chi connectivity index (χ3v) is 3.92. The molecule has 0 bridgehead atoms. The number of hydrogen-bond donors (Lipinski definition) is 3. The van der Waals surface area contributed by atoms with Crippen LogP contribution in [0.3, 0.4) is 0 Å². The van der Waals surface area contributed by atoms with Crippen LogP contribution < -0.4 is 10.6 Å². The summed E-state index contributed by atoms with van der Waals surface area (Å²) in [4.78, 5) is 9.58. The van der Waals surface area contributed by atoms with Crippen LogP contribution in [0.2, 0.25) is 10.2 Å². The number of halogens is 2. The highest BCUT2D eigenvalue weighted by Gasteiger charge is 2.21. The number of phenolic OH excluding ortho intramolecular Hbond substituents is 2. The molecular weight excluding hydrogens is 351 g/mol. The van der Waals surface area contributed by atoms with Gasteiger partial charge < -0.3 is 15.9 Å². The summed E-state index contributed by atoms with van der Waals surface area (Å²) in [6, 6.07) is 12.9. The summed E-state index contributed by atoms with van der Waals surface area (Å²) in [7, 11) is 0. The molecule has 1 aromatic heterocycles. The standard InChI is InChI=1S/C16H12Cl2N4O2/c17-13-14(18)20-16(19)21-15(13)22(9-3-1-5-11(23)7-9)10-4-2-6-12(24)8-10/h1-8,23-24H,(H2,19,20,21). The lowest BCUT2D eigenvalue weighted by Gasteiger charge is -2.25. The largest absolute Gasteiger partial charge is 0.508 e. The molecule has 1 heterocycles. The average molecular weight is 363 g/mol. The van der Waals surface area contributed by atoms with Gasteiger partial charge in [-0.2, -0.15) is 9.97 Å². The molecule has 122 valence electrons. The lowest BCUT2D eigenvalue weighted by molar-refractivity contribution is 0.475. The highest BCUT2D eigenvalue weighted by molar-refractivity contribution is 6.43. The Hall–Kier alpha value is -2.70. The zero-order valence-corrected chi connectivity index (χ0v) is 13.7. The van der Waals surface area contributed by atoms with E-state index < -0.39 is 0 Å². The molecule has 0 atom stereocenters. The maximum absolute atomic E-state index is 9.80. The predicted octanol–water partition coefficient (Wildman–Crippen LogP) is 4.25. The summed E-state index contributed by atoms with van der Waals surface area (Å²) in [6.45, 7) is 0. The van der Waals surface area contributed by atoms with Gasteiger partial charge in [0.2, 0.25) is 5.95 Å². The molecule has 24 heavy (non-hydrogen) atoms. The molecule has 3 aromatic rings. The summed E-state index contributed by atoms with van der Waals surface area (Å²) < 4.78 is 0. The van der Waals surface area contributed by atoms with Crippen molar-refractivity contribution in [1.29, 1.82) is 0 Å². The molecule has 0 spiro atoms. The van der Waals surface area contributed by atoms with Gasteiger partial charge in [-0.15, -0.1) is 0 Å². The van der Waals surface area contributed by atoms with Gasteiger partial charge in [-0.1, -0.05) is 35.3 Å². The molecule has 0 saturated carbocycles. The Bertz CT molecular complexity index is 859. The van der Waals surface area contributed by atoms with Crippen LogP contribution in [0.4, 0.5) is 23.1 Å². The fourth-order valence-electron chi connectivity index (χ4n) is 2.23. The maximum Gasteiger partial charge on any atom is 0.223 e. The minimum absolute atomic E-state index is 0.00414. The Balaban J connectivity index is 2.27. The number of hydrogen-bond acceptors (Lipinski definition) is 6. The first-order valence-corrected chi connectivity index (χ1v) is 7.58. The van der Waals surface area contributed by atoms with Crippen LogP contribution >= 0.6 is 23.2 Å². The Kier molecular flexibility index (Phi) is 4.33. The second-order valence-corrected chi connectivity index (χ2v) is 5.62. The molecule has 0 aliphatic heterocycles. The van der Waals surface area contributed by atoms with Crippen LogP contribution in [-0.4, -0.2) is 20.2 Å². The van der Waals surface area contributed by atoms with Crippen molar-refractivity contribution < 1.29 is 10.2 Å². The second-order valence-electron chi connectivity index (χ2n) is 4.89. The van der Waals surface area contributed by atoms with Gasteiger partial charge in [0, 0.05) is 12.1 Å². The van der Waals surface area contributed by atoms with E-state index in [1.54, 1.807) is 29.2 Å². The Labute approximate surface area is 147 Å². The summed E-state index contributed by atoms with van der Waals surface area (Å²) in [5, 5.41) is 19.7. The lowest BCUT2D eigenvalue weighted by atomic mass is 10.2. The fraction of sp³-hybridized carbons (Fsp3) is 0. The Morgan fingerprint density at radius 3 is 1.92 bits per heavy atom. The smallest absolute Gasteiger partial charge is 0.223 e. The first kappa shape index (κ1) is 16.2. The summed E-state index contributed by atoms with van der Waals surface area (Å²) >= 11 is 12.3. The van der Waals surface area contributed by atoms with Crippen LogP contribution in [0, 0.1) is 0 Å². The summed E-state index contributed by atoms with van der Waals surface area (Å²) in [5.74, 6) is 0.291. The SMILES string of the molecule is Nc1nc(Cl)c(Cl)c(N(c2cccc(O)c2)c2cccc(O)c2)n1.